The third-order valence-corrected chi connectivity index (χ3v) is 5.88. The summed E-state index contributed by atoms with van der Waals surface area (Å²) in [5, 5.41) is 3.10. The summed E-state index contributed by atoms with van der Waals surface area (Å²) in [6, 6.07) is 12.9. The second kappa shape index (κ2) is 7.93. The number of methoxy groups -OCH3 is 1. The van der Waals surface area contributed by atoms with Gasteiger partial charge in [-0.2, -0.15) is 0 Å². The Hall–Kier alpha value is -2.76. The Labute approximate surface area is 171 Å². The minimum atomic E-state index is -0.236. The lowest BCUT2D eigenvalue weighted by molar-refractivity contribution is -0.126. The van der Waals surface area contributed by atoms with Crippen molar-refractivity contribution in [3.8, 4) is 5.75 Å². The highest BCUT2D eigenvalue weighted by Crippen LogP contribution is 2.39. The molecule has 4 rings (SSSR count). The van der Waals surface area contributed by atoms with Gasteiger partial charge in [0, 0.05) is 43.1 Å². The summed E-state index contributed by atoms with van der Waals surface area (Å²) in [5.74, 6) is 0.549. The van der Waals surface area contributed by atoms with E-state index in [4.69, 9.17) is 4.74 Å². The molecule has 154 valence electrons. The second-order valence-electron chi connectivity index (χ2n) is 8.15. The van der Waals surface area contributed by atoms with Crippen LogP contribution in [0.3, 0.4) is 0 Å². The zero-order valence-corrected chi connectivity index (χ0v) is 17.2. The SMILES string of the molecule is COc1ccc2c(c1)N1CCN(c3ccc(F)cc3)C[C@H]1[C@@H](C(=O)NC(C)C)C2. The third-order valence-electron chi connectivity index (χ3n) is 5.88. The van der Waals surface area contributed by atoms with E-state index >= 15 is 0 Å². The summed E-state index contributed by atoms with van der Waals surface area (Å²) >= 11 is 0. The number of piperazine rings is 1. The Balaban J connectivity index is 1.67. The van der Waals surface area contributed by atoms with Crippen LogP contribution in [0, 0.1) is 11.7 Å². The van der Waals surface area contributed by atoms with Crippen molar-refractivity contribution in [1.82, 2.24) is 5.32 Å². The van der Waals surface area contributed by atoms with E-state index in [2.05, 4.69) is 27.2 Å². The molecule has 0 spiro atoms. The molecule has 1 N–H and O–H groups in total. The first-order valence-corrected chi connectivity index (χ1v) is 10.2. The van der Waals surface area contributed by atoms with E-state index in [1.165, 1.54) is 17.7 Å². The van der Waals surface area contributed by atoms with Crippen LogP contribution in [-0.2, 0) is 11.2 Å². The lowest BCUT2D eigenvalue weighted by Crippen LogP contribution is -2.61. The quantitative estimate of drug-likeness (QED) is 0.861. The van der Waals surface area contributed by atoms with Crippen molar-refractivity contribution in [2.75, 3.05) is 36.5 Å². The van der Waals surface area contributed by atoms with Gasteiger partial charge in [0.1, 0.15) is 11.6 Å². The van der Waals surface area contributed by atoms with Gasteiger partial charge in [0.25, 0.3) is 0 Å². The molecule has 2 atom stereocenters. The molecule has 0 radical (unpaired) electrons. The topological polar surface area (TPSA) is 44.8 Å². The van der Waals surface area contributed by atoms with Crippen molar-refractivity contribution in [3.05, 3.63) is 53.8 Å². The summed E-state index contributed by atoms with van der Waals surface area (Å²) in [5.41, 5.74) is 3.33. The first-order chi connectivity index (χ1) is 14.0. The number of ether oxygens (including phenoxy) is 1. The molecular formula is C23H28FN3O2. The van der Waals surface area contributed by atoms with E-state index in [1.54, 1.807) is 7.11 Å². The summed E-state index contributed by atoms with van der Waals surface area (Å²) in [4.78, 5) is 17.7. The number of hydrogen-bond acceptors (Lipinski definition) is 4. The average Bonchev–Trinajstić information content (AvgIpc) is 2.72. The Morgan fingerprint density at radius 1 is 1.17 bits per heavy atom. The van der Waals surface area contributed by atoms with Crippen LogP contribution in [0.25, 0.3) is 0 Å². The summed E-state index contributed by atoms with van der Waals surface area (Å²) < 4.78 is 18.8. The number of amides is 1. The minimum absolute atomic E-state index is 0.0483. The number of rotatable bonds is 4. The van der Waals surface area contributed by atoms with Crippen molar-refractivity contribution >= 4 is 17.3 Å². The highest BCUT2D eigenvalue weighted by Gasteiger charge is 2.41. The van der Waals surface area contributed by atoms with Crippen LogP contribution in [0.15, 0.2) is 42.5 Å². The number of hydrogen-bond donors (Lipinski definition) is 1. The lowest BCUT2D eigenvalue weighted by Gasteiger charge is -2.49. The van der Waals surface area contributed by atoms with E-state index in [0.29, 0.717) is 6.42 Å². The summed E-state index contributed by atoms with van der Waals surface area (Å²) in [6.07, 6.45) is 0.705. The van der Waals surface area contributed by atoms with Crippen molar-refractivity contribution < 1.29 is 13.9 Å². The molecule has 6 heteroatoms. The van der Waals surface area contributed by atoms with Crippen LogP contribution in [0.1, 0.15) is 19.4 Å². The van der Waals surface area contributed by atoms with Crippen molar-refractivity contribution in [2.45, 2.75) is 32.4 Å². The van der Waals surface area contributed by atoms with Crippen LogP contribution in [0.2, 0.25) is 0 Å². The van der Waals surface area contributed by atoms with Gasteiger partial charge in [-0.25, -0.2) is 4.39 Å². The molecule has 29 heavy (non-hydrogen) atoms. The maximum absolute atomic E-state index is 13.4. The van der Waals surface area contributed by atoms with Crippen LogP contribution >= 0.6 is 0 Å². The number of benzene rings is 2. The number of carbonyl (C=O) groups excluding carboxylic acids is 1. The Bertz CT molecular complexity index is 884. The normalized spacial score (nSPS) is 20.9. The van der Waals surface area contributed by atoms with Gasteiger partial charge in [-0.3, -0.25) is 4.79 Å². The second-order valence-corrected chi connectivity index (χ2v) is 8.15. The van der Waals surface area contributed by atoms with Gasteiger partial charge in [0.05, 0.1) is 19.1 Å². The third kappa shape index (κ3) is 3.88. The first-order valence-electron chi connectivity index (χ1n) is 10.2. The van der Waals surface area contributed by atoms with E-state index in [0.717, 1.165) is 36.8 Å². The van der Waals surface area contributed by atoms with Gasteiger partial charge in [-0.05, 0) is 56.2 Å². The zero-order chi connectivity index (χ0) is 20.5. The molecule has 5 nitrogen and oxygen atoms in total. The Morgan fingerprint density at radius 2 is 1.93 bits per heavy atom. The molecular weight excluding hydrogens is 369 g/mol. The van der Waals surface area contributed by atoms with E-state index in [-0.39, 0.29) is 29.7 Å². The molecule has 1 saturated heterocycles. The van der Waals surface area contributed by atoms with E-state index < -0.39 is 0 Å². The monoisotopic (exact) mass is 397 g/mol. The molecule has 2 aliphatic rings. The molecule has 2 aromatic carbocycles. The predicted octanol–water partition coefficient (Wildman–Crippen LogP) is 3.23. The largest absolute Gasteiger partial charge is 0.497 e. The number of fused-ring (bicyclic) bond motifs is 3. The maximum Gasteiger partial charge on any atom is 0.225 e. The predicted molar refractivity (Wildman–Crippen MR) is 113 cm³/mol. The van der Waals surface area contributed by atoms with Crippen molar-refractivity contribution in [3.63, 3.8) is 0 Å². The van der Waals surface area contributed by atoms with E-state index in [9.17, 15) is 9.18 Å². The molecule has 2 heterocycles. The Morgan fingerprint density at radius 3 is 2.62 bits per heavy atom. The molecule has 2 aromatic rings. The number of nitrogens with one attached hydrogen (secondary N) is 1. The average molecular weight is 397 g/mol. The molecule has 1 amide bonds. The summed E-state index contributed by atoms with van der Waals surface area (Å²) in [7, 11) is 1.67. The fourth-order valence-corrected chi connectivity index (χ4v) is 4.48. The van der Waals surface area contributed by atoms with Crippen molar-refractivity contribution in [1.29, 1.82) is 0 Å². The van der Waals surface area contributed by atoms with Crippen LogP contribution in [-0.4, -0.2) is 44.7 Å². The first kappa shape index (κ1) is 19.6. The minimum Gasteiger partial charge on any atom is -0.497 e. The fourth-order valence-electron chi connectivity index (χ4n) is 4.48. The molecule has 2 aliphatic heterocycles. The van der Waals surface area contributed by atoms with Gasteiger partial charge in [-0.15, -0.1) is 0 Å². The number of nitrogens with zero attached hydrogens (tertiary/aromatic N) is 2. The number of halogens is 1. The molecule has 0 aliphatic carbocycles. The summed E-state index contributed by atoms with van der Waals surface area (Å²) in [6.45, 7) is 6.31. The molecule has 0 saturated carbocycles. The van der Waals surface area contributed by atoms with Crippen LogP contribution in [0.5, 0.6) is 5.75 Å². The molecule has 0 bridgehead atoms. The van der Waals surface area contributed by atoms with Gasteiger partial charge in [-0.1, -0.05) is 6.07 Å². The maximum atomic E-state index is 13.4. The van der Waals surface area contributed by atoms with Gasteiger partial charge in [0.15, 0.2) is 0 Å². The van der Waals surface area contributed by atoms with Gasteiger partial charge >= 0.3 is 0 Å². The Kier molecular flexibility index (Phi) is 5.35. The molecule has 0 aromatic heterocycles. The highest BCUT2D eigenvalue weighted by atomic mass is 19.1. The lowest BCUT2D eigenvalue weighted by atomic mass is 9.83. The van der Waals surface area contributed by atoms with Crippen molar-refractivity contribution in [2.24, 2.45) is 5.92 Å². The number of carbonyl (C=O) groups is 1. The van der Waals surface area contributed by atoms with Gasteiger partial charge in [0.2, 0.25) is 5.91 Å². The number of anilines is 2. The van der Waals surface area contributed by atoms with Crippen LogP contribution in [0.4, 0.5) is 15.8 Å². The fraction of sp³-hybridized carbons (Fsp3) is 0.435. The standard InChI is InChI=1S/C23H28FN3O2/c1-15(2)25-23(28)20-12-16-4-9-19(29-3)13-21(16)27-11-10-26(14-22(20)27)18-7-5-17(24)6-8-18/h4-9,13,15,20,22H,10-12,14H2,1-3H3,(H,25,28)/t20-,22-/m0/s1. The van der Waals surface area contributed by atoms with Crippen LogP contribution < -0.4 is 19.9 Å². The zero-order valence-electron chi connectivity index (χ0n) is 17.2. The van der Waals surface area contributed by atoms with Gasteiger partial charge < -0.3 is 19.9 Å². The molecule has 0 unspecified atom stereocenters. The van der Waals surface area contributed by atoms with E-state index in [1.807, 2.05) is 32.0 Å². The smallest absolute Gasteiger partial charge is 0.225 e. The highest BCUT2D eigenvalue weighted by molar-refractivity contribution is 5.82. The molecule has 1 fully saturated rings.